The normalized spacial score (nSPS) is 41.0. The minimum absolute atomic E-state index is 0.204. The van der Waals surface area contributed by atoms with Gasteiger partial charge in [0.05, 0.1) is 11.4 Å². The van der Waals surface area contributed by atoms with Gasteiger partial charge in [-0.25, -0.2) is 9.59 Å². The Morgan fingerprint density at radius 2 is 1.76 bits per heavy atom. The molecule has 4 aliphatic carbocycles. The minimum atomic E-state index is -1.26. The number of nitrogens with zero attached hydrogens (tertiary/aromatic N) is 2. The summed E-state index contributed by atoms with van der Waals surface area (Å²) < 4.78 is 0. The highest BCUT2D eigenvalue weighted by Gasteiger charge is 2.62. The van der Waals surface area contributed by atoms with E-state index >= 15 is 0 Å². The number of carbonyl (C=O) groups excluding carboxylic acids is 1. The van der Waals surface area contributed by atoms with Gasteiger partial charge in [-0.3, -0.25) is 4.79 Å². The summed E-state index contributed by atoms with van der Waals surface area (Å²) in [5.74, 6) is -0.495. The van der Waals surface area contributed by atoms with Crippen LogP contribution in [0.25, 0.3) is 0 Å². The molecule has 0 spiro atoms. The number of carbonyl (C=O) groups is 3. The van der Waals surface area contributed by atoms with Gasteiger partial charge in [-0.1, -0.05) is 24.2 Å². The van der Waals surface area contributed by atoms with Crippen LogP contribution < -0.4 is 5.32 Å². The zero-order chi connectivity index (χ0) is 26.8. The Morgan fingerprint density at radius 3 is 2.38 bits per heavy atom. The van der Waals surface area contributed by atoms with E-state index in [2.05, 4.69) is 29.5 Å². The van der Waals surface area contributed by atoms with Crippen LogP contribution in [0.3, 0.4) is 0 Å². The van der Waals surface area contributed by atoms with Crippen LogP contribution in [0.15, 0.2) is 22.5 Å². The van der Waals surface area contributed by atoms with E-state index in [4.69, 9.17) is 15.1 Å². The second kappa shape index (κ2) is 10.9. The van der Waals surface area contributed by atoms with Gasteiger partial charge in [0.25, 0.3) is 0 Å². The molecule has 10 heteroatoms. The molecule has 10 nitrogen and oxygen atoms in total. The Bertz CT molecular complexity index is 986. The van der Waals surface area contributed by atoms with Gasteiger partial charge >= 0.3 is 11.9 Å². The average Bonchev–Trinajstić information content (AvgIpc) is 3.49. The Kier molecular flexibility index (Phi) is 8.06. The van der Waals surface area contributed by atoms with Crippen LogP contribution in [0.2, 0.25) is 0 Å². The maximum absolute atomic E-state index is 12.6. The lowest BCUT2D eigenvalue weighted by Gasteiger charge is -2.59. The van der Waals surface area contributed by atoms with Crippen molar-refractivity contribution in [3.05, 3.63) is 12.2 Å². The molecule has 0 unspecified atom stereocenters. The summed E-state index contributed by atoms with van der Waals surface area (Å²) >= 11 is 0. The molecule has 1 saturated heterocycles. The molecule has 0 bridgehead atoms. The van der Waals surface area contributed by atoms with E-state index in [9.17, 15) is 19.6 Å². The topological polar surface area (TPSA) is 158 Å². The van der Waals surface area contributed by atoms with Gasteiger partial charge in [0.2, 0.25) is 0 Å². The lowest BCUT2D eigenvalue weighted by Crippen LogP contribution is -2.57. The summed E-state index contributed by atoms with van der Waals surface area (Å²) in [7, 11) is 0. The van der Waals surface area contributed by atoms with Crippen LogP contribution >= 0.6 is 0 Å². The fourth-order valence-corrected chi connectivity index (χ4v) is 7.74. The highest BCUT2D eigenvalue weighted by Crippen LogP contribution is 2.64. The summed E-state index contributed by atoms with van der Waals surface area (Å²) in [6.45, 7) is 6.54. The first-order valence-corrected chi connectivity index (χ1v) is 13.4. The predicted octanol–water partition coefficient (Wildman–Crippen LogP) is 3.48. The lowest BCUT2D eigenvalue weighted by atomic mass is 9.45. The van der Waals surface area contributed by atoms with Crippen molar-refractivity contribution in [2.24, 2.45) is 44.8 Å². The third-order valence-corrected chi connectivity index (χ3v) is 9.88. The van der Waals surface area contributed by atoms with Crippen molar-refractivity contribution in [1.29, 1.82) is 0 Å². The van der Waals surface area contributed by atoms with Crippen molar-refractivity contribution in [2.75, 3.05) is 13.1 Å². The maximum atomic E-state index is 12.6. The summed E-state index contributed by atoms with van der Waals surface area (Å²) in [5.41, 5.74) is 2.15. The summed E-state index contributed by atoms with van der Waals surface area (Å²) in [4.78, 5) is 37.6. The first-order valence-electron chi connectivity index (χ1n) is 13.4. The zero-order valence-corrected chi connectivity index (χ0v) is 21.7. The number of Topliss-reactive ketones (excluding diaryl/α,β-unsaturated/α-hetero) is 1. The number of ketones is 1. The van der Waals surface area contributed by atoms with E-state index in [1.807, 2.05) is 0 Å². The van der Waals surface area contributed by atoms with Gasteiger partial charge in [0, 0.05) is 42.9 Å². The molecule has 5 rings (SSSR count). The molecule has 0 aromatic rings. The standard InChI is InChI=1S/C23H35N3O3.C4H4O4/c1-22-8-5-15(26-29-16-7-10-24-13-16)11-14(22)12-19(25-28)21-17-3-4-20(27)23(17,2)9-6-18(21)22;5-3(6)1-2-4(7)8/h14,16-18,21,24,28H,3-13H2,1-2H3;1-2H,(H,5,6)(H,7,8)/b25-19+,26-15?;2-1+/t14-,16-,17+,18+,21+,22+,23+;/m1./s1. The second-order valence-electron chi connectivity index (χ2n) is 11.7. The third kappa shape index (κ3) is 5.44. The van der Waals surface area contributed by atoms with Crippen molar-refractivity contribution in [2.45, 2.75) is 77.7 Å². The van der Waals surface area contributed by atoms with E-state index in [-0.39, 0.29) is 22.9 Å². The highest BCUT2D eigenvalue weighted by atomic mass is 16.6. The Morgan fingerprint density at radius 1 is 1.03 bits per heavy atom. The molecular weight excluding hydrogens is 478 g/mol. The average molecular weight is 518 g/mol. The number of carboxylic acids is 2. The number of aliphatic carboxylic acids is 2. The van der Waals surface area contributed by atoms with E-state index in [0.29, 0.717) is 42.1 Å². The van der Waals surface area contributed by atoms with Crippen LogP contribution in [0.4, 0.5) is 0 Å². The fraction of sp³-hybridized carbons (Fsp3) is 0.741. The van der Waals surface area contributed by atoms with Crippen LogP contribution in [-0.4, -0.2) is 63.8 Å². The summed E-state index contributed by atoms with van der Waals surface area (Å²) in [6, 6.07) is 0. The van der Waals surface area contributed by atoms with Gasteiger partial charge < -0.3 is 25.6 Å². The minimum Gasteiger partial charge on any atom is -0.478 e. The number of rotatable bonds is 4. The zero-order valence-electron chi connectivity index (χ0n) is 21.7. The molecule has 4 N–H and O–H groups in total. The molecule has 0 radical (unpaired) electrons. The smallest absolute Gasteiger partial charge is 0.328 e. The molecule has 5 fully saturated rings. The Hall–Kier alpha value is -2.75. The number of fused-ring (bicyclic) bond motifs is 5. The molecular formula is C27H39N3O7. The number of carboxylic acid groups (broad SMARTS) is 2. The van der Waals surface area contributed by atoms with Gasteiger partial charge in [-0.2, -0.15) is 0 Å². The monoisotopic (exact) mass is 517 g/mol. The molecule has 5 aliphatic rings. The van der Waals surface area contributed by atoms with Gasteiger partial charge in [-0.15, -0.1) is 0 Å². The molecule has 7 atom stereocenters. The number of oxime groups is 2. The molecule has 1 heterocycles. The predicted molar refractivity (Wildman–Crippen MR) is 136 cm³/mol. The summed E-state index contributed by atoms with van der Waals surface area (Å²) in [6.07, 6.45) is 9.99. The first kappa shape index (κ1) is 27.3. The quantitative estimate of drug-likeness (QED) is 0.251. The van der Waals surface area contributed by atoms with Crippen LogP contribution in [-0.2, 0) is 19.2 Å². The molecule has 0 aromatic heterocycles. The maximum Gasteiger partial charge on any atom is 0.328 e. The van der Waals surface area contributed by atoms with E-state index < -0.39 is 11.9 Å². The van der Waals surface area contributed by atoms with Gasteiger partial charge in [0.15, 0.2) is 0 Å². The molecule has 0 amide bonds. The van der Waals surface area contributed by atoms with Crippen molar-refractivity contribution in [1.82, 2.24) is 5.32 Å². The van der Waals surface area contributed by atoms with Crippen molar-refractivity contribution in [3.8, 4) is 0 Å². The van der Waals surface area contributed by atoms with Crippen LogP contribution in [0, 0.1) is 34.5 Å². The third-order valence-electron chi connectivity index (χ3n) is 9.88. The van der Waals surface area contributed by atoms with Crippen molar-refractivity contribution >= 4 is 29.1 Å². The van der Waals surface area contributed by atoms with Crippen molar-refractivity contribution in [3.63, 3.8) is 0 Å². The number of hydrogen-bond donors (Lipinski definition) is 4. The first-order chi connectivity index (χ1) is 17.6. The Balaban J connectivity index is 0.000000349. The summed E-state index contributed by atoms with van der Waals surface area (Å²) in [5, 5.41) is 37.2. The van der Waals surface area contributed by atoms with Crippen molar-refractivity contribution < 1.29 is 34.6 Å². The molecule has 0 aromatic carbocycles. The van der Waals surface area contributed by atoms with E-state index in [1.54, 1.807) is 0 Å². The van der Waals surface area contributed by atoms with Crippen LogP contribution in [0.1, 0.15) is 71.6 Å². The largest absolute Gasteiger partial charge is 0.478 e. The lowest BCUT2D eigenvalue weighted by molar-refractivity contribution is -0.134. The van der Waals surface area contributed by atoms with Gasteiger partial charge in [-0.05, 0) is 74.7 Å². The molecule has 1 aliphatic heterocycles. The molecule has 204 valence electrons. The van der Waals surface area contributed by atoms with Gasteiger partial charge in [0.1, 0.15) is 11.9 Å². The number of nitrogens with one attached hydrogen (secondary N) is 1. The fourth-order valence-electron chi connectivity index (χ4n) is 7.74. The molecule has 37 heavy (non-hydrogen) atoms. The van der Waals surface area contributed by atoms with E-state index in [0.717, 1.165) is 70.2 Å². The Labute approximate surface area is 217 Å². The number of hydrogen-bond acceptors (Lipinski definition) is 8. The van der Waals surface area contributed by atoms with Crippen LogP contribution in [0.5, 0.6) is 0 Å². The highest BCUT2D eigenvalue weighted by molar-refractivity contribution is 5.94. The molecule has 4 saturated carbocycles. The second-order valence-corrected chi connectivity index (χ2v) is 11.7. The van der Waals surface area contributed by atoms with E-state index in [1.165, 1.54) is 5.71 Å². The SMILES string of the molecule is C[C@]12CCC(=NO[C@@H]3CCNC3)C[C@@H]1C/C(=N\O)[C@@H]1[C@@H]2CC[C@]2(C)C(=O)CC[C@@H]12.O=C(O)/C=C/C(=O)O.